The number of rotatable bonds is 1. The Morgan fingerprint density at radius 2 is 2.33 bits per heavy atom. The van der Waals surface area contributed by atoms with Crippen molar-refractivity contribution in [3.05, 3.63) is 37.4 Å². The Bertz CT molecular complexity index is 419. The van der Waals surface area contributed by atoms with Crippen LogP contribution >= 0.6 is 0 Å². The molecule has 0 aliphatic carbocycles. The minimum Gasteiger partial charge on any atom is -0.407 e. The summed E-state index contributed by atoms with van der Waals surface area (Å²) in [4.78, 5) is 24.0. The van der Waals surface area contributed by atoms with Gasteiger partial charge in [0.25, 0.3) is 5.56 Å². The third-order valence-electron chi connectivity index (χ3n) is 1.19. The number of aromatic nitrogens is 1. The Morgan fingerprint density at radius 1 is 1.67 bits per heavy atom. The van der Waals surface area contributed by atoms with Gasteiger partial charge in [0.15, 0.2) is 0 Å². The summed E-state index contributed by atoms with van der Waals surface area (Å²) in [6.45, 7) is 0. The summed E-state index contributed by atoms with van der Waals surface area (Å²) >= 11 is 0. The van der Waals surface area contributed by atoms with Crippen LogP contribution in [-0.2, 0) is 7.05 Å². The molecule has 1 aromatic heterocycles. The van der Waals surface area contributed by atoms with Crippen LogP contribution in [0, 0.1) is 0 Å². The quantitative estimate of drug-likeness (QED) is 0.341. The fourth-order valence-corrected chi connectivity index (χ4v) is 0.573. The van der Waals surface area contributed by atoms with Crippen molar-refractivity contribution >= 4 is 5.88 Å². The Labute approximate surface area is 65.5 Å². The molecule has 0 aromatic carbocycles. The van der Waals surface area contributed by atoms with E-state index in [1.165, 1.54) is 7.05 Å². The van der Waals surface area contributed by atoms with Crippen molar-refractivity contribution in [2.45, 2.75) is 0 Å². The third-order valence-corrected chi connectivity index (χ3v) is 1.19. The standard InChI is InChI=1S/C5H4N4O3/c1-9-4(10)2-3(7-8-6)12-5(9)11/h2H,1H3. The van der Waals surface area contributed by atoms with E-state index in [-0.39, 0.29) is 5.88 Å². The fraction of sp³-hybridized carbons (Fsp3) is 0.200. The molecule has 0 aliphatic rings. The molecule has 62 valence electrons. The average Bonchev–Trinajstić information content (AvgIpc) is 2.01. The van der Waals surface area contributed by atoms with Crippen LogP contribution in [0.4, 0.5) is 5.88 Å². The van der Waals surface area contributed by atoms with Crippen molar-refractivity contribution in [2.24, 2.45) is 12.2 Å². The molecule has 1 heterocycles. The first-order valence-corrected chi connectivity index (χ1v) is 2.91. The maximum absolute atomic E-state index is 10.9. The van der Waals surface area contributed by atoms with Gasteiger partial charge in [-0.15, -0.1) is 0 Å². The van der Waals surface area contributed by atoms with E-state index in [9.17, 15) is 9.59 Å². The Hall–Kier alpha value is -2.01. The van der Waals surface area contributed by atoms with Crippen LogP contribution in [-0.4, -0.2) is 4.57 Å². The lowest BCUT2D eigenvalue weighted by molar-refractivity contribution is 0.452. The van der Waals surface area contributed by atoms with Crippen molar-refractivity contribution in [3.8, 4) is 0 Å². The molecular formula is C5H4N4O3. The van der Waals surface area contributed by atoms with Crippen LogP contribution in [0.25, 0.3) is 10.4 Å². The zero-order valence-electron chi connectivity index (χ0n) is 6.09. The lowest BCUT2D eigenvalue weighted by Crippen LogP contribution is -2.28. The van der Waals surface area contributed by atoms with Gasteiger partial charge < -0.3 is 4.42 Å². The first-order chi connectivity index (χ1) is 5.65. The summed E-state index contributed by atoms with van der Waals surface area (Å²) in [6, 6.07) is 0.932. The minimum absolute atomic E-state index is 0.328. The zero-order chi connectivity index (χ0) is 9.14. The molecule has 0 atom stereocenters. The van der Waals surface area contributed by atoms with Gasteiger partial charge in [0.1, 0.15) is 0 Å². The second-order valence-electron chi connectivity index (χ2n) is 1.94. The van der Waals surface area contributed by atoms with Gasteiger partial charge in [0.05, 0.1) is 0 Å². The highest BCUT2D eigenvalue weighted by atomic mass is 16.4. The molecule has 0 fully saturated rings. The van der Waals surface area contributed by atoms with Crippen molar-refractivity contribution < 1.29 is 4.42 Å². The molecule has 0 radical (unpaired) electrons. The van der Waals surface area contributed by atoms with E-state index in [0.29, 0.717) is 0 Å². The minimum atomic E-state index is -0.857. The average molecular weight is 168 g/mol. The highest BCUT2D eigenvalue weighted by Gasteiger charge is 1.99. The number of hydrogen-bond donors (Lipinski definition) is 0. The van der Waals surface area contributed by atoms with Gasteiger partial charge in [-0.25, -0.2) is 9.36 Å². The van der Waals surface area contributed by atoms with Crippen LogP contribution in [0.5, 0.6) is 0 Å². The SMILES string of the molecule is Cn1c(=O)cc(N=[N+]=[N-])oc1=O. The van der Waals surface area contributed by atoms with Gasteiger partial charge in [0, 0.05) is 18.0 Å². The van der Waals surface area contributed by atoms with Gasteiger partial charge in [-0.2, -0.15) is 0 Å². The predicted molar refractivity (Wildman–Crippen MR) is 39.0 cm³/mol. The zero-order valence-corrected chi connectivity index (χ0v) is 6.09. The van der Waals surface area contributed by atoms with Crippen molar-refractivity contribution in [3.63, 3.8) is 0 Å². The smallest absolute Gasteiger partial charge is 0.407 e. The second-order valence-corrected chi connectivity index (χ2v) is 1.94. The molecule has 0 N–H and O–H groups in total. The molecule has 0 saturated carbocycles. The lowest BCUT2D eigenvalue weighted by atomic mass is 10.6. The number of azide groups is 1. The lowest BCUT2D eigenvalue weighted by Gasteiger charge is -1.92. The largest absolute Gasteiger partial charge is 0.421 e. The molecule has 0 amide bonds. The fourth-order valence-electron chi connectivity index (χ4n) is 0.573. The third kappa shape index (κ3) is 1.35. The van der Waals surface area contributed by atoms with E-state index >= 15 is 0 Å². The maximum atomic E-state index is 10.9. The summed E-state index contributed by atoms with van der Waals surface area (Å²) in [7, 11) is 1.26. The van der Waals surface area contributed by atoms with Gasteiger partial charge >= 0.3 is 5.76 Å². The Morgan fingerprint density at radius 3 is 2.83 bits per heavy atom. The van der Waals surface area contributed by atoms with Crippen LogP contribution < -0.4 is 11.3 Å². The Kier molecular flexibility index (Phi) is 1.98. The molecule has 12 heavy (non-hydrogen) atoms. The molecule has 0 bridgehead atoms. The highest BCUT2D eigenvalue weighted by Crippen LogP contribution is 2.02. The topological polar surface area (TPSA) is 101 Å². The summed E-state index contributed by atoms with van der Waals surface area (Å²) in [5, 5.41) is 2.97. The second kappa shape index (κ2) is 2.93. The summed E-state index contributed by atoms with van der Waals surface area (Å²) in [5.41, 5.74) is 7.38. The number of nitrogens with zero attached hydrogens (tertiary/aromatic N) is 4. The molecule has 0 saturated heterocycles. The molecule has 1 aromatic rings. The monoisotopic (exact) mass is 168 g/mol. The predicted octanol–water partition coefficient (Wildman–Crippen LogP) is 0.280. The van der Waals surface area contributed by atoms with Crippen LogP contribution in [0.2, 0.25) is 0 Å². The summed E-state index contributed by atoms with van der Waals surface area (Å²) in [5.74, 6) is -1.18. The molecule has 7 heteroatoms. The van der Waals surface area contributed by atoms with E-state index < -0.39 is 11.3 Å². The number of hydrogen-bond acceptors (Lipinski definition) is 4. The van der Waals surface area contributed by atoms with Crippen molar-refractivity contribution in [2.75, 3.05) is 0 Å². The molecule has 0 spiro atoms. The van der Waals surface area contributed by atoms with E-state index in [1.54, 1.807) is 0 Å². The maximum Gasteiger partial charge on any atom is 0.421 e. The summed E-state index contributed by atoms with van der Waals surface area (Å²) < 4.78 is 5.18. The van der Waals surface area contributed by atoms with Crippen molar-refractivity contribution in [1.29, 1.82) is 0 Å². The molecule has 7 nitrogen and oxygen atoms in total. The van der Waals surface area contributed by atoms with E-state index in [2.05, 4.69) is 14.4 Å². The first kappa shape index (κ1) is 8.09. The van der Waals surface area contributed by atoms with Gasteiger partial charge in [0.2, 0.25) is 5.88 Å². The summed E-state index contributed by atoms with van der Waals surface area (Å²) in [6.07, 6.45) is 0. The normalized spacial score (nSPS) is 9.08. The van der Waals surface area contributed by atoms with E-state index in [4.69, 9.17) is 5.53 Å². The molecule has 1 rings (SSSR count). The van der Waals surface area contributed by atoms with Crippen LogP contribution in [0.15, 0.2) is 25.2 Å². The van der Waals surface area contributed by atoms with Gasteiger partial charge in [-0.1, -0.05) is 0 Å². The molecule has 0 aliphatic heterocycles. The van der Waals surface area contributed by atoms with Gasteiger partial charge in [-0.05, 0) is 10.6 Å². The van der Waals surface area contributed by atoms with E-state index in [0.717, 1.165) is 10.6 Å². The van der Waals surface area contributed by atoms with Gasteiger partial charge in [-0.3, -0.25) is 4.79 Å². The molecule has 0 unspecified atom stereocenters. The van der Waals surface area contributed by atoms with Crippen molar-refractivity contribution in [1.82, 2.24) is 4.57 Å². The first-order valence-electron chi connectivity index (χ1n) is 2.91. The highest BCUT2D eigenvalue weighted by molar-refractivity contribution is 5.17. The van der Waals surface area contributed by atoms with Crippen LogP contribution in [0.3, 0.4) is 0 Å². The van der Waals surface area contributed by atoms with E-state index in [1.807, 2.05) is 0 Å². The molecular weight excluding hydrogens is 164 g/mol. The van der Waals surface area contributed by atoms with Crippen LogP contribution in [0.1, 0.15) is 0 Å². The Balaban J connectivity index is 3.51.